The summed E-state index contributed by atoms with van der Waals surface area (Å²) in [7, 11) is 0. The third-order valence-electron chi connectivity index (χ3n) is 5.21. The number of carbonyl (C=O) groups excluding carboxylic acids is 1. The van der Waals surface area contributed by atoms with Crippen LogP contribution < -0.4 is 5.69 Å². The smallest absolute Gasteiger partial charge is 0.346 e. The minimum atomic E-state index is -0.586. The van der Waals surface area contributed by atoms with Gasteiger partial charge < -0.3 is 10.0 Å². The van der Waals surface area contributed by atoms with E-state index in [0.717, 1.165) is 6.42 Å². The molecule has 2 aromatic rings. The average Bonchev–Trinajstić information content (AvgIpc) is 3.21. The van der Waals surface area contributed by atoms with E-state index in [1.165, 1.54) is 21.4 Å². The number of nitrogens with zero attached hydrogens (tertiary/aromatic N) is 4. The molecule has 0 saturated carbocycles. The number of carbonyl (C=O) groups is 1. The molecule has 1 amide bonds. The highest BCUT2D eigenvalue weighted by atomic mass is 35.5. The molecule has 9 heteroatoms. The molecule has 2 aliphatic heterocycles. The van der Waals surface area contributed by atoms with Crippen molar-refractivity contribution in [1.82, 2.24) is 19.2 Å². The number of likely N-dealkylation sites (tertiary alicyclic amines) is 1. The molecule has 0 unspecified atom stereocenters. The number of benzene rings is 1. The van der Waals surface area contributed by atoms with Crippen LogP contribution in [0.3, 0.4) is 0 Å². The van der Waals surface area contributed by atoms with Gasteiger partial charge in [0.25, 0.3) is 0 Å². The van der Waals surface area contributed by atoms with Crippen LogP contribution in [0.15, 0.2) is 23.0 Å². The number of hydrogen-bond donors (Lipinski definition) is 1. The van der Waals surface area contributed by atoms with Gasteiger partial charge in [0.15, 0.2) is 0 Å². The van der Waals surface area contributed by atoms with Crippen LogP contribution in [0.25, 0.3) is 0 Å². The fraction of sp³-hybridized carbons (Fsp3) is 0.500. The Morgan fingerprint density at radius 2 is 2.19 bits per heavy atom. The molecule has 0 radical (unpaired) electrons. The van der Waals surface area contributed by atoms with Crippen molar-refractivity contribution in [2.45, 2.75) is 44.4 Å². The van der Waals surface area contributed by atoms with Gasteiger partial charge in [0, 0.05) is 19.5 Å². The van der Waals surface area contributed by atoms with Gasteiger partial charge in [0.2, 0.25) is 5.91 Å². The summed E-state index contributed by atoms with van der Waals surface area (Å²) in [4.78, 5) is 27.4. The van der Waals surface area contributed by atoms with E-state index in [1.807, 2.05) is 0 Å². The predicted molar refractivity (Wildman–Crippen MR) is 96.2 cm³/mol. The maximum Gasteiger partial charge on any atom is 0.346 e. The molecular weight excluding hydrogens is 375 g/mol. The van der Waals surface area contributed by atoms with Crippen LogP contribution in [-0.2, 0) is 17.8 Å². The molecule has 7 nitrogen and oxygen atoms in total. The van der Waals surface area contributed by atoms with Crippen LogP contribution in [0.4, 0.5) is 4.39 Å². The highest BCUT2D eigenvalue weighted by molar-refractivity contribution is 6.30. The lowest BCUT2D eigenvalue weighted by Gasteiger charge is -2.27. The molecule has 2 atom stereocenters. The third-order valence-corrected chi connectivity index (χ3v) is 5.50. The monoisotopic (exact) mass is 394 g/mol. The van der Waals surface area contributed by atoms with E-state index in [4.69, 9.17) is 11.6 Å². The molecule has 0 bridgehead atoms. The van der Waals surface area contributed by atoms with Gasteiger partial charge in [0.05, 0.1) is 17.7 Å². The Hall–Kier alpha value is -2.19. The van der Waals surface area contributed by atoms with E-state index in [1.54, 1.807) is 11.0 Å². The second-order valence-corrected chi connectivity index (χ2v) is 7.52. The number of β-amino-alcohol motifs (C(OH)–C–C–N with tert-alkyl or cyclic N) is 1. The number of fused-ring (bicyclic) bond motifs is 1. The van der Waals surface area contributed by atoms with Crippen molar-refractivity contribution in [3.8, 4) is 0 Å². The van der Waals surface area contributed by atoms with Gasteiger partial charge in [-0.3, -0.25) is 9.36 Å². The molecule has 0 aliphatic carbocycles. The van der Waals surface area contributed by atoms with E-state index in [9.17, 15) is 19.1 Å². The van der Waals surface area contributed by atoms with E-state index >= 15 is 0 Å². The third kappa shape index (κ3) is 3.39. The Kier molecular flexibility index (Phi) is 4.77. The number of halogens is 2. The zero-order valence-electron chi connectivity index (χ0n) is 14.6. The Morgan fingerprint density at radius 1 is 1.37 bits per heavy atom. The van der Waals surface area contributed by atoms with E-state index in [-0.39, 0.29) is 23.2 Å². The molecule has 144 valence electrons. The number of aliphatic hydroxyl groups is 1. The van der Waals surface area contributed by atoms with Crippen molar-refractivity contribution < 1.29 is 14.3 Å². The summed E-state index contributed by atoms with van der Waals surface area (Å²) < 4.78 is 16.1. The summed E-state index contributed by atoms with van der Waals surface area (Å²) in [5.41, 5.74) is 0.299. The highest BCUT2D eigenvalue weighted by Crippen LogP contribution is 2.26. The van der Waals surface area contributed by atoms with Crippen molar-refractivity contribution in [3.05, 3.63) is 50.9 Å². The van der Waals surface area contributed by atoms with Gasteiger partial charge in [0.1, 0.15) is 17.7 Å². The van der Waals surface area contributed by atoms with Gasteiger partial charge in [-0.2, -0.15) is 5.10 Å². The molecule has 0 spiro atoms. The molecule has 1 aromatic carbocycles. The van der Waals surface area contributed by atoms with Gasteiger partial charge in [-0.25, -0.2) is 13.9 Å². The maximum absolute atomic E-state index is 13.3. The average molecular weight is 395 g/mol. The van der Waals surface area contributed by atoms with Crippen molar-refractivity contribution in [3.63, 3.8) is 0 Å². The first-order valence-corrected chi connectivity index (χ1v) is 9.41. The fourth-order valence-electron chi connectivity index (χ4n) is 3.83. The summed E-state index contributed by atoms with van der Waals surface area (Å²) in [5, 5.41) is 14.1. The number of hydrogen-bond acceptors (Lipinski definition) is 4. The SMILES string of the molecule is O=C([C@@H]1CCCc2nn(Cc3ccc(F)c(Cl)c3)c(=O)n21)N1CC[C@H](O)C1. The van der Waals surface area contributed by atoms with Crippen LogP contribution in [0.5, 0.6) is 0 Å². The second kappa shape index (κ2) is 7.09. The number of rotatable bonds is 3. The number of aliphatic hydroxyl groups excluding tert-OH is 1. The zero-order valence-corrected chi connectivity index (χ0v) is 15.4. The largest absolute Gasteiger partial charge is 0.391 e. The molecule has 3 heterocycles. The van der Waals surface area contributed by atoms with Crippen LogP contribution in [-0.4, -0.2) is 49.5 Å². The first kappa shape index (κ1) is 18.2. The molecule has 27 heavy (non-hydrogen) atoms. The topological polar surface area (TPSA) is 80.4 Å². The Balaban J connectivity index is 1.62. The summed E-state index contributed by atoms with van der Waals surface area (Å²) in [5.74, 6) is -0.0770. The van der Waals surface area contributed by atoms with Crippen LogP contribution in [0.2, 0.25) is 5.02 Å². The van der Waals surface area contributed by atoms with Crippen molar-refractivity contribution in [1.29, 1.82) is 0 Å². The summed E-state index contributed by atoms with van der Waals surface area (Å²) >= 11 is 5.81. The lowest BCUT2D eigenvalue weighted by Crippen LogP contribution is -2.42. The molecule has 1 N–H and O–H groups in total. The summed E-state index contributed by atoms with van der Waals surface area (Å²) in [6.07, 6.45) is 2.03. The van der Waals surface area contributed by atoms with Crippen molar-refractivity contribution >= 4 is 17.5 Å². The quantitative estimate of drug-likeness (QED) is 0.852. The zero-order chi connectivity index (χ0) is 19.1. The normalized spacial score (nSPS) is 22.1. The summed E-state index contributed by atoms with van der Waals surface area (Å²) in [6, 6.07) is 3.69. The number of amides is 1. The van der Waals surface area contributed by atoms with Gasteiger partial charge >= 0.3 is 5.69 Å². The molecule has 1 fully saturated rings. The molecule has 2 aliphatic rings. The van der Waals surface area contributed by atoms with Crippen molar-refractivity contribution in [2.24, 2.45) is 0 Å². The maximum atomic E-state index is 13.3. The predicted octanol–water partition coefficient (Wildman–Crippen LogP) is 1.36. The Bertz CT molecular complexity index is 941. The highest BCUT2D eigenvalue weighted by Gasteiger charge is 2.35. The van der Waals surface area contributed by atoms with Crippen LogP contribution >= 0.6 is 11.6 Å². The fourth-order valence-corrected chi connectivity index (χ4v) is 4.04. The molecule has 1 aromatic heterocycles. The second-order valence-electron chi connectivity index (χ2n) is 7.11. The van der Waals surface area contributed by atoms with Gasteiger partial charge in [-0.15, -0.1) is 0 Å². The minimum Gasteiger partial charge on any atom is -0.391 e. The first-order chi connectivity index (χ1) is 12.9. The van der Waals surface area contributed by atoms with Crippen molar-refractivity contribution in [2.75, 3.05) is 13.1 Å². The Labute approximate surface area is 160 Å². The Morgan fingerprint density at radius 3 is 2.89 bits per heavy atom. The van der Waals surface area contributed by atoms with Crippen LogP contribution in [0, 0.1) is 5.82 Å². The first-order valence-electron chi connectivity index (χ1n) is 9.03. The van der Waals surface area contributed by atoms with E-state index in [0.29, 0.717) is 43.7 Å². The molecular formula is C18H20ClFN4O3. The summed E-state index contributed by atoms with van der Waals surface area (Å²) in [6.45, 7) is 0.965. The molecule has 1 saturated heterocycles. The van der Waals surface area contributed by atoms with E-state index in [2.05, 4.69) is 5.10 Å². The van der Waals surface area contributed by atoms with Gasteiger partial charge in [-0.1, -0.05) is 17.7 Å². The number of aromatic nitrogens is 3. The standard InChI is InChI=1S/C18H20ClFN4O3/c19-13-8-11(4-5-14(13)20)9-23-18(27)24-15(2-1-3-16(24)21-23)17(26)22-7-6-12(25)10-22/h4-5,8,12,15,25H,1-3,6-7,9-10H2/t12-,15-/m0/s1. The van der Waals surface area contributed by atoms with E-state index < -0.39 is 18.0 Å². The lowest BCUT2D eigenvalue weighted by atomic mass is 10.0. The van der Waals surface area contributed by atoms with Crippen LogP contribution in [0.1, 0.15) is 36.7 Å². The minimum absolute atomic E-state index is 0.00910. The number of aryl methyl sites for hydroxylation is 1. The van der Waals surface area contributed by atoms with Gasteiger partial charge in [-0.05, 0) is 37.0 Å². The lowest BCUT2D eigenvalue weighted by molar-refractivity contribution is -0.134. The molecule has 4 rings (SSSR count).